The summed E-state index contributed by atoms with van der Waals surface area (Å²) in [6, 6.07) is 0. The van der Waals surface area contributed by atoms with Gasteiger partial charge in [0, 0.05) is 18.6 Å². The lowest BCUT2D eigenvalue weighted by Gasteiger charge is -2.26. The minimum absolute atomic E-state index is 0.204. The second-order valence-electron chi connectivity index (χ2n) is 4.07. The molecule has 3 N–H and O–H groups in total. The fourth-order valence-electron chi connectivity index (χ4n) is 1.40. The smallest absolute Gasteiger partial charge is 0.180 e. The number of hydrogen-bond acceptors (Lipinski definition) is 5. The molecule has 0 amide bonds. The van der Waals surface area contributed by atoms with Crippen LogP contribution in [0.4, 0.5) is 5.82 Å². The number of aliphatic hydroxyl groups is 2. The zero-order chi connectivity index (χ0) is 12.5. The number of nitrogens with zero attached hydrogens (tertiary/aromatic N) is 3. The van der Waals surface area contributed by atoms with Crippen molar-refractivity contribution < 1.29 is 10.2 Å². The zero-order valence-electron chi connectivity index (χ0n) is 9.26. The van der Waals surface area contributed by atoms with Gasteiger partial charge in [0.15, 0.2) is 11.5 Å². The Morgan fingerprint density at radius 2 is 2.18 bits per heavy atom. The van der Waals surface area contributed by atoms with Crippen molar-refractivity contribution >= 4 is 27.4 Å². The summed E-state index contributed by atoms with van der Waals surface area (Å²) >= 11 is 3.29. The van der Waals surface area contributed by atoms with Crippen LogP contribution in [0.5, 0.6) is 0 Å². The highest BCUT2D eigenvalue weighted by atomic mass is 79.9. The molecule has 0 aromatic carbocycles. The molecule has 17 heavy (non-hydrogen) atoms. The van der Waals surface area contributed by atoms with Crippen LogP contribution in [0.25, 0.3) is 5.65 Å². The van der Waals surface area contributed by atoms with E-state index in [0.29, 0.717) is 16.1 Å². The number of hydrogen-bond donors (Lipinski definition) is 3. The van der Waals surface area contributed by atoms with Crippen molar-refractivity contribution in [3.8, 4) is 0 Å². The van der Waals surface area contributed by atoms with Crippen LogP contribution in [-0.2, 0) is 0 Å². The molecule has 0 spiro atoms. The Labute approximate surface area is 106 Å². The van der Waals surface area contributed by atoms with Crippen LogP contribution in [0.15, 0.2) is 23.2 Å². The van der Waals surface area contributed by atoms with Crippen LogP contribution in [0, 0.1) is 0 Å². The predicted octanol–water partition coefficient (Wildman–Crippen LogP) is 0.647. The second-order valence-corrected chi connectivity index (χ2v) is 4.88. The molecule has 2 heterocycles. The Balaban J connectivity index is 2.44. The van der Waals surface area contributed by atoms with Crippen molar-refractivity contribution in [2.75, 3.05) is 18.5 Å². The molecule has 0 aliphatic carbocycles. The number of aromatic nitrogens is 3. The first-order valence-corrected chi connectivity index (χ1v) is 5.86. The molecular formula is C10H13BrN4O2. The number of halogens is 1. The van der Waals surface area contributed by atoms with Crippen LogP contribution in [-0.4, -0.2) is 43.3 Å². The number of imidazole rings is 1. The summed E-state index contributed by atoms with van der Waals surface area (Å²) in [6.45, 7) is 1.30. The van der Waals surface area contributed by atoms with E-state index in [1.54, 1.807) is 29.9 Å². The van der Waals surface area contributed by atoms with E-state index in [-0.39, 0.29) is 13.2 Å². The molecule has 6 nitrogen and oxygen atoms in total. The van der Waals surface area contributed by atoms with E-state index in [4.69, 9.17) is 0 Å². The van der Waals surface area contributed by atoms with E-state index in [2.05, 4.69) is 31.2 Å². The third kappa shape index (κ3) is 2.41. The first-order chi connectivity index (χ1) is 8.08. The first-order valence-electron chi connectivity index (χ1n) is 5.07. The van der Waals surface area contributed by atoms with Crippen molar-refractivity contribution in [2.45, 2.75) is 12.5 Å². The molecule has 0 fully saturated rings. The maximum atomic E-state index is 9.25. The van der Waals surface area contributed by atoms with E-state index in [1.165, 1.54) is 0 Å². The van der Waals surface area contributed by atoms with Gasteiger partial charge in [0.05, 0.1) is 18.8 Å². The molecule has 7 heteroatoms. The summed E-state index contributed by atoms with van der Waals surface area (Å²) in [5, 5.41) is 21.5. The molecule has 92 valence electrons. The van der Waals surface area contributed by atoms with Crippen molar-refractivity contribution in [2.24, 2.45) is 0 Å². The van der Waals surface area contributed by atoms with E-state index in [1.807, 2.05) is 0 Å². The van der Waals surface area contributed by atoms with Gasteiger partial charge in [-0.3, -0.25) is 0 Å². The summed E-state index contributed by atoms with van der Waals surface area (Å²) in [7, 11) is 0. The molecular weight excluding hydrogens is 288 g/mol. The third-order valence-electron chi connectivity index (χ3n) is 2.46. The SMILES string of the molecule is CC(CO)(CO)Nc1nc(Br)cn2ccnc12. The summed E-state index contributed by atoms with van der Waals surface area (Å²) in [4.78, 5) is 8.42. The third-order valence-corrected chi connectivity index (χ3v) is 2.84. The Kier molecular flexibility index (Phi) is 3.32. The van der Waals surface area contributed by atoms with Gasteiger partial charge < -0.3 is 19.9 Å². The molecule has 0 unspecified atom stereocenters. The summed E-state index contributed by atoms with van der Waals surface area (Å²) in [6.07, 6.45) is 5.23. The molecule has 2 aromatic heterocycles. The lowest BCUT2D eigenvalue weighted by atomic mass is 10.1. The molecule has 0 saturated heterocycles. The Hall–Kier alpha value is -1.18. The molecule has 0 radical (unpaired) electrons. The van der Waals surface area contributed by atoms with Crippen molar-refractivity contribution in [3.63, 3.8) is 0 Å². The molecule has 2 aromatic rings. The minimum Gasteiger partial charge on any atom is -0.394 e. The fourth-order valence-corrected chi connectivity index (χ4v) is 1.80. The monoisotopic (exact) mass is 300 g/mol. The number of rotatable bonds is 4. The van der Waals surface area contributed by atoms with Crippen molar-refractivity contribution in [1.29, 1.82) is 0 Å². The summed E-state index contributed by atoms with van der Waals surface area (Å²) < 4.78 is 2.44. The highest BCUT2D eigenvalue weighted by molar-refractivity contribution is 9.10. The van der Waals surface area contributed by atoms with Crippen LogP contribution in [0.3, 0.4) is 0 Å². The zero-order valence-corrected chi connectivity index (χ0v) is 10.8. The van der Waals surface area contributed by atoms with Gasteiger partial charge in [0.2, 0.25) is 0 Å². The number of nitrogens with one attached hydrogen (secondary N) is 1. The predicted molar refractivity (Wildman–Crippen MR) is 66.9 cm³/mol. The second kappa shape index (κ2) is 4.59. The first kappa shape index (κ1) is 12.3. The van der Waals surface area contributed by atoms with Gasteiger partial charge in [-0.25, -0.2) is 9.97 Å². The van der Waals surface area contributed by atoms with Gasteiger partial charge in [-0.15, -0.1) is 0 Å². The molecule has 2 rings (SSSR count). The van der Waals surface area contributed by atoms with Crippen LogP contribution >= 0.6 is 15.9 Å². The molecule has 0 saturated carbocycles. The van der Waals surface area contributed by atoms with Gasteiger partial charge in [-0.05, 0) is 22.9 Å². The van der Waals surface area contributed by atoms with E-state index in [0.717, 1.165) is 0 Å². The quantitative estimate of drug-likeness (QED) is 0.772. The van der Waals surface area contributed by atoms with Crippen LogP contribution in [0.2, 0.25) is 0 Å². The number of fused-ring (bicyclic) bond motifs is 1. The summed E-state index contributed by atoms with van der Waals surface area (Å²) in [5.41, 5.74) is -0.193. The average Bonchev–Trinajstić information content (AvgIpc) is 2.77. The standard InChI is InChI=1S/C10H13BrN4O2/c1-10(5-16,6-17)14-8-9-12-2-3-15(9)4-7(11)13-8/h2-4,16-17H,5-6H2,1H3,(H,13,14). The Morgan fingerprint density at radius 1 is 1.47 bits per heavy atom. The van der Waals surface area contributed by atoms with E-state index < -0.39 is 5.54 Å². The lowest BCUT2D eigenvalue weighted by molar-refractivity contribution is 0.147. The van der Waals surface area contributed by atoms with Gasteiger partial charge in [-0.2, -0.15) is 0 Å². The lowest BCUT2D eigenvalue weighted by Crippen LogP contribution is -2.43. The van der Waals surface area contributed by atoms with Gasteiger partial charge in [0.1, 0.15) is 4.60 Å². The largest absolute Gasteiger partial charge is 0.394 e. The highest BCUT2D eigenvalue weighted by Gasteiger charge is 2.24. The molecule has 0 aliphatic rings. The van der Waals surface area contributed by atoms with Crippen LogP contribution in [0.1, 0.15) is 6.92 Å². The summed E-state index contributed by atoms with van der Waals surface area (Å²) in [5.74, 6) is 0.509. The molecule has 0 aliphatic heterocycles. The van der Waals surface area contributed by atoms with Crippen molar-refractivity contribution in [3.05, 3.63) is 23.2 Å². The van der Waals surface area contributed by atoms with E-state index in [9.17, 15) is 10.2 Å². The maximum absolute atomic E-state index is 9.25. The topological polar surface area (TPSA) is 82.7 Å². The fraction of sp³-hybridized carbons (Fsp3) is 0.400. The van der Waals surface area contributed by atoms with Gasteiger partial charge in [-0.1, -0.05) is 0 Å². The van der Waals surface area contributed by atoms with Gasteiger partial charge in [0.25, 0.3) is 0 Å². The van der Waals surface area contributed by atoms with Gasteiger partial charge >= 0.3 is 0 Å². The van der Waals surface area contributed by atoms with Crippen LogP contribution < -0.4 is 5.32 Å². The Morgan fingerprint density at radius 3 is 2.82 bits per heavy atom. The maximum Gasteiger partial charge on any atom is 0.180 e. The van der Waals surface area contributed by atoms with E-state index >= 15 is 0 Å². The molecule has 0 bridgehead atoms. The Bertz CT molecular complexity index is 524. The number of aliphatic hydroxyl groups excluding tert-OH is 2. The molecule has 0 atom stereocenters. The normalized spacial score (nSPS) is 12.0. The highest BCUT2D eigenvalue weighted by Crippen LogP contribution is 2.20. The minimum atomic E-state index is -0.833. The number of anilines is 1. The van der Waals surface area contributed by atoms with Crippen molar-refractivity contribution in [1.82, 2.24) is 14.4 Å². The average molecular weight is 301 g/mol.